The molecule has 0 amide bonds. The van der Waals surface area contributed by atoms with Gasteiger partial charge in [-0.05, 0) is 19.4 Å². The molecule has 3 nitrogen and oxygen atoms in total. The lowest BCUT2D eigenvalue weighted by Gasteiger charge is -2.27. The van der Waals surface area contributed by atoms with Gasteiger partial charge in [-0.2, -0.15) is 0 Å². The number of allylic oxidation sites excluding steroid dienone is 1. The first kappa shape index (κ1) is 17.9. The van der Waals surface area contributed by atoms with Crippen molar-refractivity contribution >= 4 is 0 Å². The third kappa shape index (κ3) is 6.00. The molecule has 0 aromatic heterocycles. The lowest BCUT2D eigenvalue weighted by molar-refractivity contribution is -0.0230. The van der Waals surface area contributed by atoms with Crippen molar-refractivity contribution in [3.8, 4) is 0 Å². The minimum absolute atomic E-state index is 0.0228. The number of aryl methyl sites for hydroxylation is 1. The molecule has 3 heteroatoms. The van der Waals surface area contributed by atoms with E-state index in [1.165, 1.54) is 5.56 Å². The number of hydrogen-bond donors (Lipinski definition) is 2. The summed E-state index contributed by atoms with van der Waals surface area (Å²) < 4.78 is 5.67. The first-order chi connectivity index (χ1) is 9.95. The molecule has 1 aromatic rings. The molecule has 0 aliphatic heterocycles. The van der Waals surface area contributed by atoms with Crippen molar-refractivity contribution < 1.29 is 14.9 Å². The van der Waals surface area contributed by atoms with Crippen LogP contribution in [0.1, 0.15) is 31.9 Å². The molecular weight excluding hydrogens is 264 g/mol. The Morgan fingerprint density at radius 1 is 1.14 bits per heavy atom. The van der Waals surface area contributed by atoms with Crippen LogP contribution < -0.4 is 0 Å². The molecule has 0 fully saturated rings. The highest BCUT2D eigenvalue weighted by Gasteiger charge is 2.25. The van der Waals surface area contributed by atoms with Crippen LogP contribution in [0.25, 0.3) is 0 Å². The lowest BCUT2D eigenvalue weighted by atomic mass is 9.89. The molecule has 1 aromatic carbocycles. The molecule has 0 radical (unpaired) electrons. The summed E-state index contributed by atoms with van der Waals surface area (Å²) >= 11 is 0. The fourth-order valence-corrected chi connectivity index (χ4v) is 2.24. The molecule has 0 spiro atoms. The highest BCUT2D eigenvalue weighted by molar-refractivity contribution is 5.20. The first-order valence-electron chi connectivity index (χ1n) is 7.58. The van der Waals surface area contributed by atoms with Crippen LogP contribution in [-0.4, -0.2) is 29.0 Å². The molecule has 2 N–H and O–H groups in total. The molecule has 0 heterocycles. The van der Waals surface area contributed by atoms with Gasteiger partial charge in [0.2, 0.25) is 0 Å². The van der Waals surface area contributed by atoms with Crippen molar-refractivity contribution in [3.63, 3.8) is 0 Å². The Kier molecular flexibility index (Phi) is 7.65. The van der Waals surface area contributed by atoms with Gasteiger partial charge in [0.1, 0.15) is 0 Å². The average Bonchev–Trinajstić information content (AvgIpc) is 2.47. The topological polar surface area (TPSA) is 49.7 Å². The van der Waals surface area contributed by atoms with Gasteiger partial charge in [-0.25, -0.2) is 0 Å². The van der Waals surface area contributed by atoms with Crippen LogP contribution in [0.15, 0.2) is 36.4 Å². The Bertz CT molecular complexity index is 425. The van der Waals surface area contributed by atoms with Gasteiger partial charge in [0.05, 0.1) is 25.4 Å². The molecule has 0 aliphatic rings. The maximum Gasteiger partial charge on any atom is 0.0771 e. The van der Waals surface area contributed by atoms with Crippen LogP contribution in [-0.2, 0) is 11.3 Å². The molecule has 0 saturated heterocycles. The van der Waals surface area contributed by atoms with E-state index in [0.29, 0.717) is 13.2 Å². The summed E-state index contributed by atoms with van der Waals surface area (Å²) in [5, 5.41) is 20.1. The zero-order chi connectivity index (χ0) is 15.8. The second kappa shape index (κ2) is 8.98. The highest BCUT2D eigenvalue weighted by atomic mass is 16.5. The molecule has 0 bridgehead atoms. The molecule has 0 unspecified atom stereocenters. The molecule has 0 saturated carbocycles. The van der Waals surface area contributed by atoms with Gasteiger partial charge >= 0.3 is 0 Å². The second-order valence-electron chi connectivity index (χ2n) is 5.84. The Hall–Kier alpha value is -1.16. The van der Waals surface area contributed by atoms with E-state index in [1.807, 2.05) is 20.8 Å². The fraction of sp³-hybridized carbons (Fsp3) is 0.556. The number of aliphatic hydroxyl groups excluding tert-OH is 2. The van der Waals surface area contributed by atoms with Gasteiger partial charge in [-0.3, -0.25) is 0 Å². The van der Waals surface area contributed by atoms with Crippen LogP contribution in [0.5, 0.6) is 0 Å². The molecule has 0 aliphatic carbocycles. The minimum atomic E-state index is -0.621. The minimum Gasteiger partial charge on any atom is -0.392 e. The Balaban J connectivity index is 2.38. The molecule has 4 atom stereocenters. The zero-order valence-corrected chi connectivity index (χ0v) is 13.5. The summed E-state index contributed by atoms with van der Waals surface area (Å²) in [6, 6.07) is 8.22. The molecule has 118 valence electrons. The normalized spacial score (nSPS) is 17.6. The Labute approximate surface area is 128 Å². The van der Waals surface area contributed by atoms with Gasteiger partial charge in [0.25, 0.3) is 0 Å². The summed E-state index contributed by atoms with van der Waals surface area (Å²) in [4.78, 5) is 0. The van der Waals surface area contributed by atoms with E-state index >= 15 is 0 Å². The van der Waals surface area contributed by atoms with Crippen molar-refractivity contribution in [1.82, 2.24) is 0 Å². The van der Waals surface area contributed by atoms with E-state index in [9.17, 15) is 10.2 Å². The summed E-state index contributed by atoms with van der Waals surface area (Å²) in [7, 11) is 0. The van der Waals surface area contributed by atoms with E-state index in [0.717, 1.165) is 5.56 Å². The summed E-state index contributed by atoms with van der Waals surface area (Å²) in [6.07, 6.45) is 2.29. The van der Waals surface area contributed by atoms with Crippen molar-refractivity contribution in [3.05, 3.63) is 47.5 Å². The highest BCUT2D eigenvalue weighted by Crippen LogP contribution is 2.18. The van der Waals surface area contributed by atoms with Crippen LogP contribution in [0.2, 0.25) is 0 Å². The summed E-state index contributed by atoms with van der Waals surface area (Å²) in [5.41, 5.74) is 2.36. The molecular formula is C18H28O3. The number of benzene rings is 1. The third-order valence-electron chi connectivity index (χ3n) is 3.82. The number of hydrogen-bond acceptors (Lipinski definition) is 3. The van der Waals surface area contributed by atoms with Gasteiger partial charge in [-0.15, -0.1) is 0 Å². The van der Waals surface area contributed by atoms with Crippen LogP contribution in [0.3, 0.4) is 0 Å². The average molecular weight is 292 g/mol. The third-order valence-corrected chi connectivity index (χ3v) is 3.82. The molecule has 21 heavy (non-hydrogen) atoms. The number of ether oxygens (including phenoxy) is 1. The van der Waals surface area contributed by atoms with Crippen LogP contribution in [0, 0.1) is 18.8 Å². The van der Waals surface area contributed by atoms with Crippen LogP contribution >= 0.6 is 0 Å². The second-order valence-corrected chi connectivity index (χ2v) is 5.84. The zero-order valence-electron chi connectivity index (χ0n) is 13.5. The maximum absolute atomic E-state index is 10.2. The number of aliphatic hydroxyl groups is 2. The molecule has 1 rings (SSSR count). The SMILES string of the molecule is C/C=C/[C@@H](O)[C@H](C)[C@@H](O)[C@@H](C)COCc1ccc(C)cc1. The maximum atomic E-state index is 10.2. The van der Waals surface area contributed by atoms with E-state index < -0.39 is 12.2 Å². The Morgan fingerprint density at radius 3 is 2.33 bits per heavy atom. The monoisotopic (exact) mass is 292 g/mol. The fourth-order valence-electron chi connectivity index (χ4n) is 2.24. The van der Waals surface area contributed by atoms with Gasteiger partial charge in [-0.1, -0.05) is 55.8 Å². The first-order valence-corrected chi connectivity index (χ1v) is 7.58. The van der Waals surface area contributed by atoms with E-state index in [1.54, 1.807) is 12.2 Å². The van der Waals surface area contributed by atoms with Crippen molar-refractivity contribution in [1.29, 1.82) is 0 Å². The number of rotatable bonds is 8. The smallest absolute Gasteiger partial charge is 0.0771 e. The quantitative estimate of drug-likeness (QED) is 0.724. The largest absolute Gasteiger partial charge is 0.392 e. The van der Waals surface area contributed by atoms with Crippen molar-refractivity contribution in [2.24, 2.45) is 11.8 Å². The summed E-state index contributed by atoms with van der Waals surface area (Å²) in [5.74, 6) is -0.232. The van der Waals surface area contributed by atoms with Gasteiger partial charge in [0, 0.05) is 11.8 Å². The van der Waals surface area contributed by atoms with Crippen molar-refractivity contribution in [2.45, 2.75) is 46.5 Å². The predicted molar refractivity (Wildman–Crippen MR) is 86.0 cm³/mol. The van der Waals surface area contributed by atoms with Gasteiger partial charge in [0.15, 0.2) is 0 Å². The lowest BCUT2D eigenvalue weighted by Crippen LogP contribution is -2.35. The van der Waals surface area contributed by atoms with E-state index in [2.05, 4.69) is 31.2 Å². The van der Waals surface area contributed by atoms with E-state index in [-0.39, 0.29) is 11.8 Å². The van der Waals surface area contributed by atoms with E-state index in [4.69, 9.17) is 4.74 Å². The van der Waals surface area contributed by atoms with Crippen LogP contribution in [0.4, 0.5) is 0 Å². The van der Waals surface area contributed by atoms with Crippen molar-refractivity contribution in [2.75, 3.05) is 6.61 Å². The Morgan fingerprint density at radius 2 is 1.76 bits per heavy atom. The standard InChI is InChI=1S/C18H28O3/c1-5-6-17(19)15(4)18(20)14(3)11-21-12-16-9-7-13(2)8-10-16/h5-10,14-15,17-20H,11-12H2,1-4H3/b6-5+/t14-,15-,17+,18-/m0/s1. The summed E-state index contributed by atoms with van der Waals surface area (Å²) in [6.45, 7) is 8.73. The predicted octanol–water partition coefficient (Wildman–Crippen LogP) is 3.08. The van der Waals surface area contributed by atoms with Gasteiger partial charge < -0.3 is 14.9 Å².